The second-order valence-electron chi connectivity index (χ2n) is 4.85. The Labute approximate surface area is 106 Å². The van der Waals surface area contributed by atoms with Gasteiger partial charge in [-0.15, -0.1) is 0 Å². The minimum atomic E-state index is 0.284. The Balaban J connectivity index is 2.04. The number of benzene rings is 1. The van der Waals surface area contributed by atoms with E-state index in [-0.39, 0.29) is 6.04 Å². The standard InChI is InChI=1S/C15H16N2O/c1-17-7-6-11(10-18)8-15(17)13-9-16-14-5-3-2-4-12(13)14/h2-6,9-10,15-16H,7-8H2,1H3. The van der Waals surface area contributed by atoms with E-state index in [9.17, 15) is 4.79 Å². The number of aromatic amines is 1. The largest absolute Gasteiger partial charge is 0.361 e. The van der Waals surface area contributed by atoms with Gasteiger partial charge in [0.25, 0.3) is 0 Å². The van der Waals surface area contributed by atoms with Gasteiger partial charge in [0.05, 0.1) is 0 Å². The number of rotatable bonds is 2. The molecule has 1 aliphatic rings. The maximum atomic E-state index is 11.0. The average Bonchev–Trinajstić information content (AvgIpc) is 2.83. The van der Waals surface area contributed by atoms with Gasteiger partial charge in [-0.2, -0.15) is 0 Å². The number of aromatic nitrogens is 1. The molecule has 0 radical (unpaired) electrons. The number of nitrogens with one attached hydrogen (secondary N) is 1. The first-order valence-corrected chi connectivity index (χ1v) is 6.20. The minimum Gasteiger partial charge on any atom is -0.361 e. The molecule has 2 aromatic rings. The summed E-state index contributed by atoms with van der Waals surface area (Å²) in [5.74, 6) is 0. The monoisotopic (exact) mass is 240 g/mol. The topological polar surface area (TPSA) is 36.1 Å². The van der Waals surface area contributed by atoms with Crippen molar-refractivity contribution in [2.75, 3.05) is 13.6 Å². The summed E-state index contributed by atoms with van der Waals surface area (Å²) >= 11 is 0. The first-order chi connectivity index (χ1) is 8.79. The molecule has 1 aliphatic heterocycles. The minimum absolute atomic E-state index is 0.284. The van der Waals surface area contributed by atoms with Crippen LogP contribution in [0.2, 0.25) is 0 Å². The lowest BCUT2D eigenvalue weighted by molar-refractivity contribution is -0.105. The van der Waals surface area contributed by atoms with Gasteiger partial charge in [0, 0.05) is 29.7 Å². The number of likely N-dealkylation sites (N-methyl/N-ethyl adjacent to an activating group) is 1. The summed E-state index contributed by atoms with van der Waals surface area (Å²) in [5, 5.41) is 1.25. The smallest absolute Gasteiger partial charge is 0.145 e. The molecule has 0 saturated heterocycles. The van der Waals surface area contributed by atoms with Gasteiger partial charge in [-0.1, -0.05) is 24.3 Å². The number of nitrogens with zero attached hydrogens (tertiary/aromatic N) is 1. The Morgan fingerprint density at radius 1 is 1.39 bits per heavy atom. The summed E-state index contributed by atoms with van der Waals surface area (Å²) < 4.78 is 0. The second kappa shape index (κ2) is 4.42. The first-order valence-electron chi connectivity index (χ1n) is 6.20. The van der Waals surface area contributed by atoms with Gasteiger partial charge in [0.1, 0.15) is 6.29 Å². The molecule has 0 aliphatic carbocycles. The molecule has 0 spiro atoms. The van der Waals surface area contributed by atoms with Gasteiger partial charge >= 0.3 is 0 Å². The van der Waals surface area contributed by atoms with E-state index >= 15 is 0 Å². The zero-order chi connectivity index (χ0) is 12.5. The second-order valence-corrected chi connectivity index (χ2v) is 4.85. The third kappa shape index (κ3) is 1.77. The fraction of sp³-hybridized carbons (Fsp3) is 0.267. The third-order valence-corrected chi connectivity index (χ3v) is 3.73. The molecule has 92 valence electrons. The van der Waals surface area contributed by atoms with Crippen molar-refractivity contribution in [3.05, 3.63) is 47.7 Å². The molecule has 3 nitrogen and oxygen atoms in total. The summed E-state index contributed by atoms with van der Waals surface area (Å²) in [4.78, 5) is 16.5. The Hall–Kier alpha value is -1.87. The Kier molecular flexibility index (Phi) is 2.76. The molecule has 1 aromatic carbocycles. The Bertz CT molecular complexity index is 612. The molecule has 0 fully saturated rings. The number of H-pyrrole nitrogens is 1. The Morgan fingerprint density at radius 3 is 3.06 bits per heavy atom. The van der Waals surface area contributed by atoms with Gasteiger partial charge in [-0.05, 0) is 30.7 Å². The van der Waals surface area contributed by atoms with Gasteiger partial charge in [0.15, 0.2) is 0 Å². The molecule has 3 rings (SSSR count). The van der Waals surface area contributed by atoms with Crippen LogP contribution in [-0.4, -0.2) is 29.8 Å². The van der Waals surface area contributed by atoms with Crippen LogP contribution in [0.25, 0.3) is 10.9 Å². The number of para-hydroxylation sites is 1. The molecule has 2 heterocycles. The van der Waals surface area contributed by atoms with E-state index in [1.54, 1.807) is 0 Å². The van der Waals surface area contributed by atoms with Gasteiger partial charge in [0.2, 0.25) is 0 Å². The molecule has 3 heteroatoms. The van der Waals surface area contributed by atoms with Crippen LogP contribution < -0.4 is 0 Å². The van der Waals surface area contributed by atoms with Crippen LogP contribution in [0.4, 0.5) is 0 Å². The van der Waals surface area contributed by atoms with E-state index < -0.39 is 0 Å². The zero-order valence-corrected chi connectivity index (χ0v) is 10.4. The molecule has 1 aromatic heterocycles. The molecular weight excluding hydrogens is 224 g/mol. The number of hydrogen-bond acceptors (Lipinski definition) is 2. The van der Waals surface area contributed by atoms with Crippen LogP contribution in [0.5, 0.6) is 0 Å². The highest BCUT2D eigenvalue weighted by atomic mass is 16.1. The average molecular weight is 240 g/mol. The van der Waals surface area contributed by atoms with E-state index in [1.807, 2.05) is 12.1 Å². The van der Waals surface area contributed by atoms with Crippen molar-refractivity contribution in [3.63, 3.8) is 0 Å². The number of hydrogen-bond donors (Lipinski definition) is 1. The molecule has 1 unspecified atom stereocenters. The van der Waals surface area contributed by atoms with Crippen molar-refractivity contribution in [2.24, 2.45) is 0 Å². The predicted molar refractivity (Wildman–Crippen MR) is 72.4 cm³/mol. The van der Waals surface area contributed by atoms with E-state index in [4.69, 9.17) is 0 Å². The number of carbonyl (C=O) groups excluding carboxylic acids is 1. The van der Waals surface area contributed by atoms with Gasteiger partial charge in [-0.25, -0.2) is 0 Å². The van der Waals surface area contributed by atoms with Crippen molar-refractivity contribution in [2.45, 2.75) is 12.5 Å². The molecule has 1 atom stereocenters. The lowest BCUT2D eigenvalue weighted by Gasteiger charge is -2.30. The van der Waals surface area contributed by atoms with Crippen molar-refractivity contribution in [1.29, 1.82) is 0 Å². The van der Waals surface area contributed by atoms with Crippen LogP contribution in [-0.2, 0) is 4.79 Å². The predicted octanol–water partition coefficient (Wildman–Crippen LogP) is 2.67. The van der Waals surface area contributed by atoms with Crippen molar-refractivity contribution < 1.29 is 4.79 Å². The highest BCUT2D eigenvalue weighted by Crippen LogP contribution is 2.33. The summed E-state index contributed by atoms with van der Waals surface area (Å²) in [6, 6.07) is 8.58. The maximum Gasteiger partial charge on any atom is 0.145 e. The normalized spacial score (nSPS) is 20.9. The molecule has 0 saturated carbocycles. The van der Waals surface area contributed by atoms with Crippen LogP contribution in [0.3, 0.4) is 0 Å². The zero-order valence-electron chi connectivity index (χ0n) is 10.4. The summed E-state index contributed by atoms with van der Waals surface area (Å²) in [6.07, 6.45) is 5.86. The van der Waals surface area contributed by atoms with E-state index in [0.29, 0.717) is 0 Å². The third-order valence-electron chi connectivity index (χ3n) is 3.73. The fourth-order valence-corrected chi connectivity index (χ4v) is 2.66. The molecule has 0 amide bonds. The summed E-state index contributed by atoms with van der Waals surface area (Å²) in [7, 11) is 2.10. The molecular formula is C15H16N2O. The highest BCUT2D eigenvalue weighted by Gasteiger charge is 2.24. The molecule has 18 heavy (non-hydrogen) atoms. The van der Waals surface area contributed by atoms with E-state index in [0.717, 1.165) is 30.3 Å². The van der Waals surface area contributed by atoms with Crippen molar-refractivity contribution in [3.8, 4) is 0 Å². The fourth-order valence-electron chi connectivity index (χ4n) is 2.66. The van der Waals surface area contributed by atoms with Crippen LogP contribution >= 0.6 is 0 Å². The number of fused-ring (bicyclic) bond motifs is 1. The molecule has 0 bridgehead atoms. The van der Waals surface area contributed by atoms with Crippen molar-refractivity contribution in [1.82, 2.24) is 9.88 Å². The Morgan fingerprint density at radius 2 is 2.22 bits per heavy atom. The SMILES string of the molecule is CN1CC=C(C=O)CC1c1c[nH]c2ccccc12. The number of aldehydes is 1. The summed E-state index contributed by atoms with van der Waals surface area (Å²) in [6.45, 7) is 0.832. The number of carbonyl (C=O) groups is 1. The van der Waals surface area contributed by atoms with Gasteiger partial charge in [-0.3, -0.25) is 9.69 Å². The molecule has 1 N–H and O–H groups in total. The van der Waals surface area contributed by atoms with Crippen LogP contribution in [0, 0.1) is 0 Å². The van der Waals surface area contributed by atoms with Crippen LogP contribution in [0.1, 0.15) is 18.0 Å². The van der Waals surface area contributed by atoms with E-state index in [2.05, 4.69) is 41.3 Å². The lowest BCUT2D eigenvalue weighted by Crippen LogP contribution is -2.28. The lowest BCUT2D eigenvalue weighted by atomic mass is 9.94. The van der Waals surface area contributed by atoms with E-state index in [1.165, 1.54) is 10.9 Å². The maximum absolute atomic E-state index is 11.0. The summed E-state index contributed by atoms with van der Waals surface area (Å²) in [5.41, 5.74) is 3.34. The quantitative estimate of drug-likeness (QED) is 0.819. The first kappa shape index (κ1) is 11.2. The highest BCUT2D eigenvalue weighted by molar-refractivity contribution is 5.84. The van der Waals surface area contributed by atoms with Gasteiger partial charge < -0.3 is 4.98 Å². The van der Waals surface area contributed by atoms with Crippen molar-refractivity contribution >= 4 is 17.2 Å². The van der Waals surface area contributed by atoms with Crippen LogP contribution in [0.15, 0.2) is 42.1 Å².